The van der Waals surface area contributed by atoms with E-state index in [1.807, 2.05) is 35.0 Å². The van der Waals surface area contributed by atoms with E-state index < -0.39 is 0 Å². The molecule has 7 heteroatoms. The summed E-state index contributed by atoms with van der Waals surface area (Å²) in [5.41, 5.74) is 3.33. The van der Waals surface area contributed by atoms with E-state index >= 15 is 0 Å². The lowest BCUT2D eigenvalue weighted by molar-refractivity contribution is 0.193. The van der Waals surface area contributed by atoms with Gasteiger partial charge in [0.2, 0.25) is 0 Å². The SMILES string of the molecule is COc1ccc2[nH]c(-c3nc(C4CCOC4)nn3-c3ccc(C#N)cc3)cc2c1. The molecule has 1 aliphatic rings. The number of fused-ring (bicyclic) bond motifs is 1. The second-order valence-electron chi connectivity index (χ2n) is 7.06. The molecule has 1 fully saturated rings. The molecule has 144 valence electrons. The van der Waals surface area contributed by atoms with Crippen molar-refractivity contribution in [2.45, 2.75) is 12.3 Å². The molecule has 1 N–H and O–H groups in total. The minimum atomic E-state index is 0.192. The maximum Gasteiger partial charge on any atom is 0.179 e. The van der Waals surface area contributed by atoms with Crippen LogP contribution in [0, 0.1) is 11.3 Å². The molecular formula is C22H19N5O2. The number of ether oxygens (including phenoxy) is 2. The molecule has 5 rings (SSSR count). The molecule has 7 nitrogen and oxygen atoms in total. The van der Waals surface area contributed by atoms with Crippen LogP contribution in [0.5, 0.6) is 5.75 Å². The summed E-state index contributed by atoms with van der Waals surface area (Å²) in [6.07, 6.45) is 0.917. The quantitative estimate of drug-likeness (QED) is 0.577. The minimum absolute atomic E-state index is 0.192. The van der Waals surface area contributed by atoms with Gasteiger partial charge in [-0.2, -0.15) is 10.4 Å². The van der Waals surface area contributed by atoms with E-state index in [-0.39, 0.29) is 5.92 Å². The van der Waals surface area contributed by atoms with Crippen LogP contribution < -0.4 is 4.74 Å². The maximum atomic E-state index is 9.09. The second kappa shape index (κ2) is 7.08. The molecule has 3 heterocycles. The molecule has 29 heavy (non-hydrogen) atoms. The first kappa shape index (κ1) is 17.5. The van der Waals surface area contributed by atoms with Crippen LogP contribution in [-0.2, 0) is 4.74 Å². The van der Waals surface area contributed by atoms with Crippen molar-refractivity contribution in [3.05, 3.63) is 59.9 Å². The highest BCUT2D eigenvalue weighted by Gasteiger charge is 2.25. The first-order valence-electron chi connectivity index (χ1n) is 9.47. The van der Waals surface area contributed by atoms with Crippen LogP contribution in [-0.4, -0.2) is 40.1 Å². The zero-order chi connectivity index (χ0) is 19.8. The van der Waals surface area contributed by atoms with Gasteiger partial charge >= 0.3 is 0 Å². The molecule has 0 spiro atoms. The third-order valence-electron chi connectivity index (χ3n) is 5.23. The van der Waals surface area contributed by atoms with Gasteiger partial charge in [-0.15, -0.1) is 0 Å². The van der Waals surface area contributed by atoms with Gasteiger partial charge in [0.1, 0.15) is 5.75 Å². The first-order chi connectivity index (χ1) is 14.2. The van der Waals surface area contributed by atoms with E-state index in [1.54, 1.807) is 19.2 Å². The molecule has 1 atom stereocenters. The molecule has 1 unspecified atom stereocenters. The molecule has 0 bridgehead atoms. The topological polar surface area (TPSA) is 88.8 Å². The highest BCUT2D eigenvalue weighted by molar-refractivity contribution is 5.86. The minimum Gasteiger partial charge on any atom is -0.497 e. The van der Waals surface area contributed by atoms with Crippen molar-refractivity contribution in [1.82, 2.24) is 19.7 Å². The summed E-state index contributed by atoms with van der Waals surface area (Å²) in [5.74, 6) is 2.50. The predicted molar refractivity (Wildman–Crippen MR) is 108 cm³/mol. The molecule has 4 aromatic rings. The Morgan fingerprint density at radius 1 is 1.21 bits per heavy atom. The van der Waals surface area contributed by atoms with Gasteiger partial charge in [-0.3, -0.25) is 0 Å². The lowest BCUT2D eigenvalue weighted by Crippen LogP contribution is -2.02. The van der Waals surface area contributed by atoms with Crippen molar-refractivity contribution in [2.24, 2.45) is 0 Å². The lowest BCUT2D eigenvalue weighted by Gasteiger charge is -2.04. The number of nitrogens with zero attached hydrogens (tertiary/aromatic N) is 4. The standard InChI is InChI=1S/C22H19N5O2/c1-28-18-6-7-19-16(10-18)11-20(24-19)22-25-21(15-8-9-29-13-15)26-27(22)17-4-2-14(12-23)3-5-17/h2-7,10-11,15,24H,8-9,13H2,1H3. The average Bonchev–Trinajstić information content (AvgIpc) is 3.51. The third kappa shape index (κ3) is 3.13. The van der Waals surface area contributed by atoms with Crippen molar-refractivity contribution >= 4 is 10.9 Å². The number of hydrogen-bond donors (Lipinski definition) is 1. The predicted octanol–water partition coefficient (Wildman–Crippen LogP) is 3.80. The van der Waals surface area contributed by atoms with Crippen LogP contribution in [0.3, 0.4) is 0 Å². The van der Waals surface area contributed by atoms with Gasteiger partial charge < -0.3 is 14.5 Å². The number of benzene rings is 2. The molecule has 1 aliphatic heterocycles. The average molecular weight is 385 g/mol. The molecule has 0 radical (unpaired) electrons. The molecular weight excluding hydrogens is 366 g/mol. The zero-order valence-electron chi connectivity index (χ0n) is 15.9. The van der Waals surface area contributed by atoms with Gasteiger partial charge in [0, 0.05) is 23.4 Å². The third-order valence-corrected chi connectivity index (χ3v) is 5.23. The Balaban J connectivity index is 1.64. The van der Waals surface area contributed by atoms with E-state index in [1.165, 1.54) is 0 Å². The summed E-state index contributed by atoms with van der Waals surface area (Å²) in [4.78, 5) is 8.30. The van der Waals surface area contributed by atoms with Gasteiger partial charge in [-0.25, -0.2) is 9.67 Å². The van der Waals surface area contributed by atoms with E-state index in [2.05, 4.69) is 17.1 Å². The fourth-order valence-corrected chi connectivity index (χ4v) is 3.63. The van der Waals surface area contributed by atoms with Crippen LogP contribution in [0.1, 0.15) is 23.7 Å². The smallest absolute Gasteiger partial charge is 0.179 e. The Hall–Kier alpha value is -3.63. The Bertz CT molecular complexity index is 1210. The number of aromatic amines is 1. The first-order valence-corrected chi connectivity index (χ1v) is 9.47. The summed E-state index contributed by atoms with van der Waals surface area (Å²) in [7, 11) is 1.66. The van der Waals surface area contributed by atoms with Crippen LogP contribution in [0.2, 0.25) is 0 Å². The fourth-order valence-electron chi connectivity index (χ4n) is 3.63. The Morgan fingerprint density at radius 2 is 2.07 bits per heavy atom. The van der Waals surface area contributed by atoms with E-state index in [0.717, 1.165) is 52.7 Å². The molecule has 0 amide bonds. The van der Waals surface area contributed by atoms with Crippen molar-refractivity contribution in [3.8, 4) is 29.0 Å². The number of hydrogen-bond acceptors (Lipinski definition) is 5. The molecule has 0 aliphatic carbocycles. The van der Waals surface area contributed by atoms with E-state index in [4.69, 9.17) is 24.8 Å². The Labute approximate surface area is 167 Å². The number of aromatic nitrogens is 4. The normalized spacial score (nSPS) is 16.2. The lowest BCUT2D eigenvalue weighted by atomic mass is 10.1. The summed E-state index contributed by atoms with van der Waals surface area (Å²) in [5, 5.41) is 14.9. The number of rotatable bonds is 4. The molecule has 1 saturated heterocycles. The van der Waals surface area contributed by atoms with E-state index in [9.17, 15) is 0 Å². The number of H-pyrrole nitrogens is 1. The molecule has 2 aromatic heterocycles. The van der Waals surface area contributed by atoms with E-state index in [0.29, 0.717) is 12.2 Å². The molecule has 2 aromatic carbocycles. The van der Waals surface area contributed by atoms with Crippen LogP contribution in [0.4, 0.5) is 0 Å². The summed E-state index contributed by atoms with van der Waals surface area (Å²) < 4.78 is 12.7. The summed E-state index contributed by atoms with van der Waals surface area (Å²) in [6.45, 7) is 1.37. The monoisotopic (exact) mass is 385 g/mol. The summed E-state index contributed by atoms with van der Waals surface area (Å²) >= 11 is 0. The largest absolute Gasteiger partial charge is 0.497 e. The number of nitrogens with one attached hydrogen (secondary N) is 1. The Morgan fingerprint density at radius 3 is 2.79 bits per heavy atom. The van der Waals surface area contributed by atoms with Crippen LogP contribution >= 0.6 is 0 Å². The van der Waals surface area contributed by atoms with Gasteiger partial charge in [0.15, 0.2) is 11.6 Å². The summed E-state index contributed by atoms with van der Waals surface area (Å²) in [6, 6.07) is 17.5. The van der Waals surface area contributed by atoms with Gasteiger partial charge in [0.25, 0.3) is 0 Å². The maximum absolute atomic E-state index is 9.09. The van der Waals surface area contributed by atoms with Gasteiger partial charge in [-0.1, -0.05) is 0 Å². The van der Waals surface area contributed by atoms with Crippen molar-refractivity contribution in [1.29, 1.82) is 5.26 Å². The highest BCUT2D eigenvalue weighted by Crippen LogP contribution is 2.30. The highest BCUT2D eigenvalue weighted by atomic mass is 16.5. The molecule has 0 saturated carbocycles. The second-order valence-corrected chi connectivity index (χ2v) is 7.06. The fraction of sp³-hybridized carbons (Fsp3) is 0.227. The number of methoxy groups -OCH3 is 1. The van der Waals surface area contributed by atoms with Crippen LogP contribution in [0.15, 0.2) is 48.5 Å². The van der Waals surface area contributed by atoms with Gasteiger partial charge in [-0.05, 0) is 55.0 Å². The number of nitriles is 1. The van der Waals surface area contributed by atoms with Crippen molar-refractivity contribution in [2.75, 3.05) is 20.3 Å². The van der Waals surface area contributed by atoms with Crippen molar-refractivity contribution < 1.29 is 9.47 Å². The van der Waals surface area contributed by atoms with Gasteiger partial charge in [0.05, 0.1) is 36.7 Å². The Kier molecular flexibility index (Phi) is 4.26. The zero-order valence-corrected chi connectivity index (χ0v) is 15.9. The van der Waals surface area contributed by atoms with Crippen LogP contribution in [0.25, 0.3) is 28.1 Å². The van der Waals surface area contributed by atoms with Crippen molar-refractivity contribution in [3.63, 3.8) is 0 Å².